The number of carbonyl (C=O) groups is 2. The van der Waals surface area contributed by atoms with Crippen LogP contribution in [0.1, 0.15) is 23.3 Å². The maximum absolute atomic E-state index is 12.4. The molecule has 26 heavy (non-hydrogen) atoms. The number of amides is 2. The van der Waals surface area contributed by atoms with Gasteiger partial charge >= 0.3 is 0 Å². The van der Waals surface area contributed by atoms with Crippen LogP contribution >= 0.6 is 11.6 Å². The maximum atomic E-state index is 12.4. The van der Waals surface area contributed by atoms with Crippen LogP contribution in [0.3, 0.4) is 0 Å². The summed E-state index contributed by atoms with van der Waals surface area (Å²) in [6.45, 7) is 2.50. The molecule has 0 aliphatic carbocycles. The Morgan fingerprint density at radius 2 is 1.77 bits per heavy atom. The topological polar surface area (TPSA) is 76.0 Å². The molecule has 0 saturated heterocycles. The van der Waals surface area contributed by atoms with Crippen molar-refractivity contribution in [1.82, 2.24) is 20.2 Å². The lowest BCUT2D eigenvalue weighted by Gasteiger charge is -2.15. The summed E-state index contributed by atoms with van der Waals surface area (Å²) in [5, 5.41) is 6.17. The number of rotatable bonds is 6. The minimum Gasteiger partial charge on any atom is -0.353 e. The molecule has 0 aliphatic rings. The van der Waals surface area contributed by atoms with Gasteiger partial charge in [-0.1, -0.05) is 23.7 Å². The highest BCUT2D eigenvalue weighted by molar-refractivity contribution is 6.30. The fraction of sp³-hybridized carbons (Fsp3) is 0.211. The molecule has 3 rings (SSSR count). The highest BCUT2D eigenvalue weighted by Gasteiger charge is 2.16. The summed E-state index contributed by atoms with van der Waals surface area (Å²) in [4.78, 5) is 28.6. The van der Waals surface area contributed by atoms with Crippen molar-refractivity contribution in [2.24, 2.45) is 0 Å². The van der Waals surface area contributed by atoms with Crippen LogP contribution in [-0.4, -0.2) is 34.5 Å². The van der Waals surface area contributed by atoms with Gasteiger partial charge in [0.05, 0.1) is 17.4 Å². The van der Waals surface area contributed by atoms with Crippen molar-refractivity contribution in [3.8, 4) is 0 Å². The Bertz CT molecular complexity index is 921. The molecule has 6 nitrogen and oxygen atoms in total. The smallest absolute Gasteiger partial charge is 0.251 e. The van der Waals surface area contributed by atoms with E-state index in [2.05, 4.69) is 15.6 Å². The average molecular weight is 371 g/mol. The third-order valence-electron chi connectivity index (χ3n) is 4.09. The van der Waals surface area contributed by atoms with Crippen molar-refractivity contribution < 1.29 is 9.59 Å². The number of imidazole rings is 1. The van der Waals surface area contributed by atoms with Gasteiger partial charge in [-0.25, -0.2) is 4.98 Å². The van der Waals surface area contributed by atoms with Crippen molar-refractivity contribution in [2.45, 2.75) is 13.0 Å². The molecule has 2 amide bonds. The Hall–Kier alpha value is -2.86. The number of nitrogens with one attached hydrogen (secondary N) is 2. The molecule has 0 aliphatic heterocycles. The Balaban J connectivity index is 1.49. The first-order valence-corrected chi connectivity index (χ1v) is 8.67. The normalized spacial score (nSPS) is 11.9. The van der Waals surface area contributed by atoms with Gasteiger partial charge in [0, 0.05) is 23.7 Å². The molecule has 134 valence electrons. The summed E-state index contributed by atoms with van der Waals surface area (Å²) in [7, 11) is 0. The molecule has 0 spiro atoms. The lowest BCUT2D eigenvalue weighted by molar-refractivity contribution is -0.123. The maximum Gasteiger partial charge on any atom is 0.251 e. The SMILES string of the molecule is C[C@@H](C(=O)NCCNC(=O)c1ccc(Cl)cc1)n1cnc2ccccc21. The van der Waals surface area contributed by atoms with Gasteiger partial charge in [-0.15, -0.1) is 0 Å². The van der Waals surface area contributed by atoms with Crippen LogP contribution in [0.4, 0.5) is 0 Å². The van der Waals surface area contributed by atoms with Crippen LogP contribution in [0, 0.1) is 0 Å². The molecule has 0 fully saturated rings. The van der Waals surface area contributed by atoms with Crippen LogP contribution in [0.15, 0.2) is 54.9 Å². The van der Waals surface area contributed by atoms with Crippen molar-refractivity contribution in [1.29, 1.82) is 0 Å². The Morgan fingerprint density at radius 1 is 1.08 bits per heavy atom. The summed E-state index contributed by atoms with van der Waals surface area (Å²) in [5.74, 6) is -0.335. The Kier molecular flexibility index (Phi) is 5.53. The third-order valence-corrected chi connectivity index (χ3v) is 4.35. The minimum absolute atomic E-state index is 0.131. The summed E-state index contributed by atoms with van der Waals surface area (Å²) >= 11 is 5.80. The van der Waals surface area contributed by atoms with Gasteiger partial charge in [0.15, 0.2) is 0 Å². The molecular weight excluding hydrogens is 352 g/mol. The first-order valence-electron chi connectivity index (χ1n) is 8.29. The lowest BCUT2D eigenvalue weighted by Crippen LogP contribution is -2.37. The van der Waals surface area contributed by atoms with Crippen molar-refractivity contribution in [3.63, 3.8) is 0 Å². The molecule has 0 bridgehead atoms. The molecule has 2 N–H and O–H groups in total. The van der Waals surface area contributed by atoms with E-state index in [1.807, 2.05) is 35.8 Å². The van der Waals surface area contributed by atoms with Crippen LogP contribution < -0.4 is 10.6 Å². The van der Waals surface area contributed by atoms with Crippen LogP contribution in [-0.2, 0) is 4.79 Å². The van der Waals surface area contributed by atoms with Gasteiger partial charge in [-0.2, -0.15) is 0 Å². The zero-order valence-corrected chi connectivity index (χ0v) is 15.0. The van der Waals surface area contributed by atoms with Crippen molar-refractivity contribution in [2.75, 3.05) is 13.1 Å². The fourth-order valence-corrected chi connectivity index (χ4v) is 2.75. The number of carbonyl (C=O) groups excluding carboxylic acids is 2. The number of para-hydroxylation sites is 2. The molecule has 1 aromatic heterocycles. The van der Waals surface area contributed by atoms with Crippen LogP contribution in [0.2, 0.25) is 5.02 Å². The van der Waals surface area contributed by atoms with E-state index in [-0.39, 0.29) is 11.8 Å². The second-order valence-electron chi connectivity index (χ2n) is 5.87. The van der Waals surface area contributed by atoms with Crippen LogP contribution in [0.5, 0.6) is 0 Å². The molecule has 1 heterocycles. The Labute approximate surface area is 156 Å². The second kappa shape index (κ2) is 8.01. The predicted molar refractivity (Wildman–Crippen MR) is 101 cm³/mol. The van der Waals surface area contributed by atoms with E-state index in [4.69, 9.17) is 11.6 Å². The van der Waals surface area contributed by atoms with E-state index < -0.39 is 6.04 Å². The van der Waals surface area contributed by atoms with Crippen molar-refractivity contribution in [3.05, 3.63) is 65.4 Å². The quantitative estimate of drug-likeness (QED) is 0.655. The highest BCUT2D eigenvalue weighted by Crippen LogP contribution is 2.17. The van der Waals surface area contributed by atoms with Gasteiger partial charge in [-0.3, -0.25) is 9.59 Å². The van der Waals surface area contributed by atoms with E-state index in [1.54, 1.807) is 30.6 Å². The molecule has 1 atom stereocenters. The summed E-state index contributed by atoms with van der Waals surface area (Å²) < 4.78 is 1.83. The number of fused-ring (bicyclic) bond motifs is 1. The zero-order valence-electron chi connectivity index (χ0n) is 14.3. The zero-order chi connectivity index (χ0) is 18.5. The van der Waals surface area contributed by atoms with Gasteiger partial charge < -0.3 is 15.2 Å². The molecule has 7 heteroatoms. The monoisotopic (exact) mass is 370 g/mol. The largest absolute Gasteiger partial charge is 0.353 e. The number of halogens is 1. The van der Waals surface area contributed by atoms with E-state index >= 15 is 0 Å². The molecule has 0 saturated carbocycles. The first kappa shape index (κ1) is 17.9. The lowest BCUT2D eigenvalue weighted by atomic mass is 10.2. The van der Waals surface area contributed by atoms with E-state index in [0.717, 1.165) is 11.0 Å². The van der Waals surface area contributed by atoms with E-state index in [0.29, 0.717) is 23.7 Å². The number of benzene rings is 2. The highest BCUT2D eigenvalue weighted by atomic mass is 35.5. The predicted octanol–water partition coefficient (Wildman–Crippen LogP) is 2.80. The second-order valence-corrected chi connectivity index (χ2v) is 6.31. The molecule has 0 radical (unpaired) electrons. The van der Waals surface area contributed by atoms with E-state index in [1.165, 1.54) is 0 Å². The fourth-order valence-electron chi connectivity index (χ4n) is 2.63. The summed E-state index contributed by atoms with van der Waals surface area (Å²) in [5.41, 5.74) is 2.28. The van der Waals surface area contributed by atoms with E-state index in [9.17, 15) is 9.59 Å². The Morgan fingerprint density at radius 3 is 2.54 bits per heavy atom. The summed E-state index contributed by atoms with van der Waals surface area (Å²) in [6.07, 6.45) is 1.66. The minimum atomic E-state index is -0.394. The number of hydrogen-bond acceptors (Lipinski definition) is 3. The number of aromatic nitrogens is 2. The van der Waals surface area contributed by atoms with Crippen molar-refractivity contribution >= 4 is 34.4 Å². The standard InChI is InChI=1S/C19H19ClN4O2/c1-13(24-12-23-16-4-2-3-5-17(16)24)18(25)21-10-11-22-19(26)14-6-8-15(20)9-7-14/h2-9,12-13H,10-11H2,1H3,(H,21,25)(H,22,26)/t13-/m0/s1. The number of nitrogens with zero attached hydrogens (tertiary/aromatic N) is 2. The number of hydrogen-bond donors (Lipinski definition) is 2. The van der Waals surface area contributed by atoms with Gasteiger partial charge in [0.2, 0.25) is 5.91 Å². The average Bonchev–Trinajstić information content (AvgIpc) is 3.09. The first-order chi connectivity index (χ1) is 12.6. The third kappa shape index (κ3) is 4.03. The summed E-state index contributed by atoms with van der Waals surface area (Å²) in [6, 6.07) is 13.9. The molecule has 2 aromatic carbocycles. The van der Waals surface area contributed by atoms with Gasteiger partial charge in [0.25, 0.3) is 5.91 Å². The van der Waals surface area contributed by atoms with Gasteiger partial charge in [-0.05, 0) is 43.3 Å². The molecule has 0 unspecified atom stereocenters. The molecular formula is C19H19ClN4O2. The van der Waals surface area contributed by atoms with Gasteiger partial charge in [0.1, 0.15) is 6.04 Å². The van der Waals surface area contributed by atoms with Crippen LogP contribution in [0.25, 0.3) is 11.0 Å². The molecule has 3 aromatic rings.